The monoisotopic (exact) mass is 325 g/mol. The van der Waals surface area contributed by atoms with Crippen LogP contribution in [-0.4, -0.2) is 43.8 Å². The summed E-state index contributed by atoms with van der Waals surface area (Å²) < 4.78 is 24.0. The molecule has 0 radical (unpaired) electrons. The van der Waals surface area contributed by atoms with Gasteiger partial charge in [0.25, 0.3) is 0 Å². The average Bonchev–Trinajstić information content (AvgIpc) is 2.85. The van der Waals surface area contributed by atoms with Crippen LogP contribution < -0.4 is 15.4 Å². The molecule has 1 aromatic heterocycles. The Morgan fingerprint density at radius 1 is 1.27 bits per heavy atom. The lowest BCUT2D eigenvalue weighted by molar-refractivity contribution is 0.240. The lowest BCUT2D eigenvalue weighted by Crippen LogP contribution is -2.39. The first-order valence-electron chi connectivity index (χ1n) is 6.76. The van der Waals surface area contributed by atoms with E-state index in [1.807, 2.05) is 25.1 Å². The lowest BCUT2D eigenvalue weighted by atomic mass is 10.2. The van der Waals surface area contributed by atoms with Gasteiger partial charge >= 0.3 is 6.03 Å². The fourth-order valence-electron chi connectivity index (χ4n) is 1.95. The molecule has 0 saturated heterocycles. The summed E-state index contributed by atoms with van der Waals surface area (Å²) in [7, 11) is -3.23. The lowest BCUT2D eigenvalue weighted by Gasteiger charge is -2.06. The van der Waals surface area contributed by atoms with Crippen molar-refractivity contribution in [3.63, 3.8) is 0 Å². The second kappa shape index (κ2) is 6.75. The molecule has 2 amide bonds. The number of nitrogens with zero attached hydrogens (tertiary/aromatic N) is 1. The van der Waals surface area contributed by atoms with Crippen molar-refractivity contribution in [2.75, 3.05) is 19.3 Å². The number of aromatic nitrogens is 2. The molecule has 1 aromatic carbocycles. The van der Waals surface area contributed by atoms with Gasteiger partial charge in [-0.3, -0.25) is 0 Å². The predicted octanol–water partition coefficient (Wildman–Crippen LogP) is 0.220. The highest BCUT2D eigenvalue weighted by molar-refractivity contribution is 7.88. The van der Waals surface area contributed by atoms with Crippen molar-refractivity contribution < 1.29 is 13.2 Å². The van der Waals surface area contributed by atoms with Crippen molar-refractivity contribution in [1.29, 1.82) is 0 Å². The molecule has 2 aromatic rings. The van der Waals surface area contributed by atoms with Gasteiger partial charge in [0.15, 0.2) is 0 Å². The third-order valence-electron chi connectivity index (χ3n) is 2.95. The van der Waals surface area contributed by atoms with E-state index in [4.69, 9.17) is 0 Å². The van der Waals surface area contributed by atoms with Crippen LogP contribution in [0.25, 0.3) is 11.0 Å². The highest BCUT2D eigenvalue weighted by Gasteiger charge is 2.06. The molecular formula is C13H19N5O3S. The summed E-state index contributed by atoms with van der Waals surface area (Å²) >= 11 is 0. The number of amides is 2. The van der Waals surface area contributed by atoms with Gasteiger partial charge in [0.1, 0.15) is 5.82 Å². The molecule has 0 aliphatic carbocycles. The molecule has 22 heavy (non-hydrogen) atoms. The van der Waals surface area contributed by atoms with E-state index in [1.165, 1.54) is 0 Å². The van der Waals surface area contributed by atoms with Crippen molar-refractivity contribution in [2.45, 2.75) is 13.5 Å². The van der Waals surface area contributed by atoms with Crippen LogP contribution in [0.4, 0.5) is 4.79 Å². The normalized spacial score (nSPS) is 11.5. The Bertz CT molecular complexity index is 769. The fourth-order valence-corrected chi connectivity index (χ4v) is 2.42. The van der Waals surface area contributed by atoms with Crippen LogP contribution in [0.5, 0.6) is 0 Å². The van der Waals surface area contributed by atoms with E-state index in [1.54, 1.807) is 0 Å². The topological polar surface area (TPSA) is 116 Å². The third-order valence-corrected chi connectivity index (χ3v) is 3.68. The summed E-state index contributed by atoms with van der Waals surface area (Å²) in [5, 5.41) is 5.21. The van der Waals surface area contributed by atoms with Crippen molar-refractivity contribution in [1.82, 2.24) is 25.3 Å². The number of hydrogen-bond acceptors (Lipinski definition) is 4. The van der Waals surface area contributed by atoms with Crippen LogP contribution in [0.3, 0.4) is 0 Å². The van der Waals surface area contributed by atoms with Crippen molar-refractivity contribution >= 4 is 27.1 Å². The molecule has 0 saturated carbocycles. The highest BCUT2D eigenvalue weighted by atomic mass is 32.2. The van der Waals surface area contributed by atoms with E-state index in [0.29, 0.717) is 5.82 Å². The second-order valence-corrected chi connectivity index (χ2v) is 6.76. The van der Waals surface area contributed by atoms with Crippen LogP contribution in [0.2, 0.25) is 0 Å². The van der Waals surface area contributed by atoms with Gasteiger partial charge in [0.05, 0.1) is 23.8 Å². The zero-order valence-electron chi connectivity index (χ0n) is 12.4. The number of sulfonamides is 1. The SMILES string of the molecule is Cc1cccc2[nH]c(CNC(=O)NCCNS(C)(=O)=O)nc12. The maximum Gasteiger partial charge on any atom is 0.315 e. The molecule has 8 nitrogen and oxygen atoms in total. The Labute approximate surface area is 128 Å². The first-order chi connectivity index (χ1) is 10.3. The van der Waals surface area contributed by atoms with Gasteiger partial charge in [-0.15, -0.1) is 0 Å². The first-order valence-corrected chi connectivity index (χ1v) is 8.65. The summed E-state index contributed by atoms with van der Waals surface area (Å²) in [4.78, 5) is 19.1. The number of carbonyl (C=O) groups is 1. The van der Waals surface area contributed by atoms with Crippen molar-refractivity contribution in [2.24, 2.45) is 0 Å². The number of para-hydroxylation sites is 1. The number of hydrogen-bond donors (Lipinski definition) is 4. The molecule has 0 unspecified atom stereocenters. The summed E-state index contributed by atoms with van der Waals surface area (Å²) in [6.45, 7) is 2.59. The number of nitrogens with one attached hydrogen (secondary N) is 4. The van der Waals surface area contributed by atoms with Crippen LogP contribution in [0.15, 0.2) is 18.2 Å². The Kier molecular flexibility index (Phi) is 4.99. The minimum atomic E-state index is -3.23. The number of aromatic amines is 1. The molecule has 0 spiro atoms. The number of rotatable bonds is 6. The quantitative estimate of drug-likeness (QED) is 0.568. The van der Waals surface area contributed by atoms with E-state index < -0.39 is 10.0 Å². The van der Waals surface area contributed by atoms with Crippen LogP contribution in [0.1, 0.15) is 11.4 Å². The number of fused-ring (bicyclic) bond motifs is 1. The highest BCUT2D eigenvalue weighted by Crippen LogP contribution is 2.15. The number of carbonyl (C=O) groups excluding carboxylic acids is 1. The van der Waals surface area contributed by atoms with Gasteiger partial charge in [-0.1, -0.05) is 12.1 Å². The van der Waals surface area contributed by atoms with Crippen LogP contribution in [0, 0.1) is 6.92 Å². The van der Waals surface area contributed by atoms with Gasteiger partial charge in [-0.2, -0.15) is 0 Å². The Hall–Kier alpha value is -2.13. The fraction of sp³-hybridized carbons (Fsp3) is 0.385. The average molecular weight is 325 g/mol. The first kappa shape index (κ1) is 16.2. The van der Waals surface area contributed by atoms with Crippen molar-refractivity contribution in [3.8, 4) is 0 Å². The number of urea groups is 1. The number of aryl methyl sites for hydroxylation is 1. The molecule has 120 valence electrons. The van der Waals surface area contributed by atoms with E-state index in [9.17, 15) is 13.2 Å². The Morgan fingerprint density at radius 2 is 2.05 bits per heavy atom. The van der Waals surface area contributed by atoms with Gasteiger partial charge < -0.3 is 15.6 Å². The third kappa shape index (κ3) is 4.71. The van der Waals surface area contributed by atoms with E-state index in [0.717, 1.165) is 22.9 Å². The molecule has 0 aliphatic heterocycles. The predicted molar refractivity (Wildman–Crippen MR) is 83.9 cm³/mol. The summed E-state index contributed by atoms with van der Waals surface area (Å²) in [5.41, 5.74) is 2.88. The van der Waals surface area contributed by atoms with Gasteiger partial charge in [-0.25, -0.2) is 22.9 Å². The minimum absolute atomic E-state index is 0.149. The maximum atomic E-state index is 11.6. The number of imidazole rings is 1. The molecular weight excluding hydrogens is 306 g/mol. The molecule has 0 aliphatic rings. The van der Waals surface area contributed by atoms with E-state index >= 15 is 0 Å². The summed E-state index contributed by atoms with van der Waals surface area (Å²) in [5.74, 6) is 0.661. The Balaban J connectivity index is 1.79. The zero-order valence-corrected chi connectivity index (χ0v) is 13.3. The second-order valence-electron chi connectivity index (χ2n) is 4.93. The molecule has 1 heterocycles. The standard InChI is InChI=1S/C13H19N5O3S/c1-9-4-3-5-10-12(9)18-11(17-10)8-15-13(19)14-6-7-16-22(2,20)21/h3-5,16H,6-8H2,1-2H3,(H,17,18)(H2,14,15,19). The summed E-state index contributed by atoms with van der Waals surface area (Å²) in [6, 6.07) is 5.46. The van der Waals surface area contributed by atoms with Crippen LogP contribution >= 0.6 is 0 Å². The molecule has 0 fully saturated rings. The van der Waals surface area contributed by atoms with Gasteiger partial charge in [0.2, 0.25) is 10.0 Å². The van der Waals surface area contributed by atoms with Crippen LogP contribution in [-0.2, 0) is 16.6 Å². The molecule has 2 rings (SSSR count). The molecule has 0 bridgehead atoms. The smallest absolute Gasteiger partial charge is 0.315 e. The van der Waals surface area contributed by atoms with Crippen molar-refractivity contribution in [3.05, 3.63) is 29.6 Å². The molecule has 0 atom stereocenters. The largest absolute Gasteiger partial charge is 0.340 e. The molecule has 4 N–H and O–H groups in total. The summed E-state index contributed by atoms with van der Waals surface area (Å²) in [6.07, 6.45) is 1.07. The minimum Gasteiger partial charge on any atom is -0.340 e. The number of benzene rings is 1. The molecule has 9 heteroatoms. The van der Waals surface area contributed by atoms with E-state index in [2.05, 4.69) is 25.3 Å². The van der Waals surface area contributed by atoms with Gasteiger partial charge in [0, 0.05) is 13.1 Å². The van der Waals surface area contributed by atoms with Gasteiger partial charge in [-0.05, 0) is 18.6 Å². The zero-order chi connectivity index (χ0) is 16.2. The van der Waals surface area contributed by atoms with E-state index in [-0.39, 0.29) is 25.7 Å². The number of H-pyrrole nitrogens is 1. The Morgan fingerprint density at radius 3 is 2.73 bits per heavy atom. The maximum absolute atomic E-state index is 11.6.